The SMILES string of the molecule is CCOC(=O)CCN(C(=O)Cc1ccc(Cl)c(Cl)c1)[C@H](CN1CCCC1)c1ccccc1. The smallest absolute Gasteiger partial charge is 0.307 e. The van der Waals surface area contributed by atoms with E-state index in [0.29, 0.717) is 23.2 Å². The molecule has 0 bridgehead atoms. The Morgan fingerprint density at radius 2 is 1.78 bits per heavy atom. The first-order valence-corrected chi connectivity index (χ1v) is 11.9. The van der Waals surface area contributed by atoms with Crippen molar-refractivity contribution in [1.29, 1.82) is 0 Å². The van der Waals surface area contributed by atoms with E-state index in [9.17, 15) is 9.59 Å². The molecule has 32 heavy (non-hydrogen) atoms. The van der Waals surface area contributed by atoms with E-state index in [1.54, 1.807) is 19.1 Å². The second-order valence-electron chi connectivity index (χ2n) is 8.00. The molecule has 1 aliphatic rings. The summed E-state index contributed by atoms with van der Waals surface area (Å²) < 4.78 is 5.12. The minimum absolute atomic E-state index is 0.0549. The first-order valence-electron chi connectivity index (χ1n) is 11.1. The topological polar surface area (TPSA) is 49.9 Å². The van der Waals surface area contributed by atoms with Crippen molar-refractivity contribution < 1.29 is 14.3 Å². The molecule has 2 aromatic carbocycles. The first-order chi connectivity index (χ1) is 15.5. The molecular formula is C25H30Cl2N2O3. The molecule has 0 radical (unpaired) electrons. The summed E-state index contributed by atoms with van der Waals surface area (Å²) in [5, 5.41) is 0.880. The molecule has 0 N–H and O–H groups in total. The number of likely N-dealkylation sites (tertiary alicyclic amines) is 1. The van der Waals surface area contributed by atoms with Crippen LogP contribution in [0.25, 0.3) is 0 Å². The van der Waals surface area contributed by atoms with Gasteiger partial charge in [0, 0.05) is 13.1 Å². The normalized spacial score (nSPS) is 14.8. The summed E-state index contributed by atoms with van der Waals surface area (Å²) in [6, 6.07) is 15.1. The van der Waals surface area contributed by atoms with Crippen LogP contribution < -0.4 is 0 Å². The molecule has 0 aliphatic carbocycles. The summed E-state index contributed by atoms with van der Waals surface area (Å²) in [6.45, 7) is 5.19. The van der Waals surface area contributed by atoms with E-state index in [2.05, 4.69) is 4.90 Å². The van der Waals surface area contributed by atoms with Gasteiger partial charge < -0.3 is 14.5 Å². The van der Waals surface area contributed by atoms with Crippen LogP contribution in [0.2, 0.25) is 10.0 Å². The molecule has 1 heterocycles. The highest BCUT2D eigenvalue weighted by atomic mass is 35.5. The predicted octanol–water partition coefficient (Wildman–Crippen LogP) is 5.15. The van der Waals surface area contributed by atoms with Crippen LogP contribution in [0.4, 0.5) is 0 Å². The molecule has 5 nitrogen and oxygen atoms in total. The highest BCUT2D eigenvalue weighted by Gasteiger charge is 2.29. The molecule has 0 unspecified atom stereocenters. The Kier molecular flexibility index (Phi) is 9.39. The van der Waals surface area contributed by atoms with E-state index in [1.807, 2.05) is 41.3 Å². The molecule has 7 heteroatoms. The third kappa shape index (κ3) is 6.96. The molecule has 1 atom stereocenters. The van der Waals surface area contributed by atoms with Crippen LogP contribution in [0.3, 0.4) is 0 Å². The Labute approximate surface area is 200 Å². The average molecular weight is 477 g/mol. The zero-order chi connectivity index (χ0) is 22.9. The summed E-state index contributed by atoms with van der Waals surface area (Å²) in [6.07, 6.45) is 2.68. The molecule has 3 rings (SSSR count). The van der Waals surface area contributed by atoms with Gasteiger partial charge in [0.25, 0.3) is 0 Å². The lowest BCUT2D eigenvalue weighted by atomic mass is 10.0. The fraction of sp³-hybridized carbons (Fsp3) is 0.440. The van der Waals surface area contributed by atoms with Gasteiger partial charge in [0.15, 0.2) is 0 Å². The lowest BCUT2D eigenvalue weighted by Crippen LogP contribution is -2.42. The number of nitrogens with zero attached hydrogens (tertiary/aromatic N) is 2. The summed E-state index contributed by atoms with van der Waals surface area (Å²) in [5.41, 5.74) is 1.85. The average Bonchev–Trinajstić information content (AvgIpc) is 3.30. The Morgan fingerprint density at radius 1 is 1.06 bits per heavy atom. The monoisotopic (exact) mass is 476 g/mol. The molecule has 2 aromatic rings. The molecule has 0 aromatic heterocycles. The number of esters is 1. The number of carbonyl (C=O) groups is 2. The molecule has 172 valence electrons. The van der Waals surface area contributed by atoms with Gasteiger partial charge in [0.05, 0.1) is 35.5 Å². The highest BCUT2D eigenvalue weighted by molar-refractivity contribution is 6.42. The zero-order valence-electron chi connectivity index (χ0n) is 18.4. The summed E-state index contributed by atoms with van der Waals surface area (Å²) in [7, 11) is 0. The number of benzene rings is 2. The Balaban J connectivity index is 1.86. The maximum atomic E-state index is 13.5. The standard InChI is InChI=1S/C25H30Cl2N2O3/c1-2-32-25(31)12-15-29(24(30)17-19-10-11-21(26)22(27)16-19)23(18-28-13-6-7-14-28)20-8-4-3-5-9-20/h3-5,8-11,16,23H,2,6-7,12-15,17-18H2,1H3/t23-/m1/s1. The molecule has 1 saturated heterocycles. The van der Waals surface area contributed by atoms with E-state index >= 15 is 0 Å². The first kappa shape index (κ1) is 24.6. The van der Waals surface area contributed by atoms with E-state index in [1.165, 1.54) is 12.8 Å². The van der Waals surface area contributed by atoms with Crippen LogP contribution in [-0.4, -0.2) is 54.5 Å². The van der Waals surface area contributed by atoms with Crippen molar-refractivity contribution in [2.24, 2.45) is 0 Å². The van der Waals surface area contributed by atoms with Crippen molar-refractivity contribution >= 4 is 35.1 Å². The summed E-state index contributed by atoms with van der Waals surface area (Å²) in [4.78, 5) is 29.9. The number of carbonyl (C=O) groups excluding carboxylic acids is 2. The van der Waals surface area contributed by atoms with Gasteiger partial charge in [-0.2, -0.15) is 0 Å². The molecule has 1 fully saturated rings. The van der Waals surface area contributed by atoms with Gasteiger partial charge in [-0.25, -0.2) is 0 Å². The van der Waals surface area contributed by atoms with E-state index < -0.39 is 0 Å². The minimum Gasteiger partial charge on any atom is -0.466 e. The van der Waals surface area contributed by atoms with Crippen molar-refractivity contribution in [2.45, 2.75) is 38.6 Å². The predicted molar refractivity (Wildman–Crippen MR) is 128 cm³/mol. The third-order valence-electron chi connectivity index (χ3n) is 5.71. The fourth-order valence-electron chi connectivity index (χ4n) is 4.09. The fourth-order valence-corrected chi connectivity index (χ4v) is 4.41. The van der Waals surface area contributed by atoms with Crippen LogP contribution in [-0.2, 0) is 20.7 Å². The summed E-state index contributed by atoms with van der Waals surface area (Å²) >= 11 is 12.2. The second kappa shape index (κ2) is 12.2. The number of halogens is 2. The van der Waals surface area contributed by atoms with Crippen molar-refractivity contribution in [1.82, 2.24) is 9.80 Å². The van der Waals surface area contributed by atoms with Gasteiger partial charge in [0.1, 0.15) is 0 Å². The maximum absolute atomic E-state index is 13.5. The molecule has 1 amide bonds. The van der Waals surface area contributed by atoms with Gasteiger partial charge in [-0.05, 0) is 56.1 Å². The minimum atomic E-state index is -0.298. The quantitative estimate of drug-likeness (QED) is 0.444. The van der Waals surface area contributed by atoms with E-state index in [0.717, 1.165) is 30.8 Å². The second-order valence-corrected chi connectivity index (χ2v) is 8.82. The van der Waals surface area contributed by atoms with E-state index in [-0.39, 0.29) is 30.8 Å². The lowest BCUT2D eigenvalue weighted by Gasteiger charge is -2.35. The van der Waals surface area contributed by atoms with Crippen molar-refractivity contribution in [3.63, 3.8) is 0 Å². The van der Waals surface area contributed by atoms with Crippen molar-refractivity contribution in [2.75, 3.05) is 32.8 Å². The van der Waals surface area contributed by atoms with E-state index in [4.69, 9.17) is 27.9 Å². The summed E-state index contributed by atoms with van der Waals surface area (Å²) in [5.74, 6) is -0.353. The number of rotatable bonds is 10. The van der Waals surface area contributed by atoms with Crippen LogP contribution in [0.5, 0.6) is 0 Å². The van der Waals surface area contributed by atoms with Crippen molar-refractivity contribution in [3.05, 3.63) is 69.7 Å². The molecule has 1 aliphatic heterocycles. The highest BCUT2D eigenvalue weighted by Crippen LogP contribution is 2.27. The largest absolute Gasteiger partial charge is 0.466 e. The number of ether oxygens (including phenoxy) is 1. The number of amides is 1. The van der Waals surface area contributed by atoms with Crippen molar-refractivity contribution in [3.8, 4) is 0 Å². The number of hydrogen-bond donors (Lipinski definition) is 0. The molecular weight excluding hydrogens is 447 g/mol. The maximum Gasteiger partial charge on any atom is 0.307 e. The van der Waals surface area contributed by atoms with Crippen LogP contribution in [0.1, 0.15) is 43.4 Å². The molecule has 0 spiro atoms. The lowest BCUT2D eigenvalue weighted by molar-refractivity contribution is -0.144. The Hall–Kier alpha value is -2.08. The van der Waals surface area contributed by atoms with Gasteiger partial charge in [-0.1, -0.05) is 59.6 Å². The van der Waals surface area contributed by atoms with Crippen LogP contribution in [0.15, 0.2) is 48.5 Å². The third-order valence-corrected chi connectivity index (χ3v) is 6.45. The number of hydrogen-bond acceptors (Lipinski definition) is 4. The van der Waals surface area contributed by atoms with Crippen LogP contribution in [0, 0.1) is 0 Å². The van der Waals surface area contributed by atoms with Crippen LogP contribution >= 0.6 is 23.2 Å². The van der Waals surface area contributed by atoms with Gasteiger partial charge in [-0.3, -0.25) is 9.59 Å². The Morgan fingerprint density at radius 3 is 2.44 bits per heavy atom. The molecule has 0 saturated carbocycles. The van der Waals surface area contributed by atoms with Gasteiger partial charge in [-0.15, -0.1) is 0 Å². The van der Waals surface area contributed by atoms with Gasteiger partial charge in [0.2, 0.25) is 5.91 Å². The zero-order valence-corrected chi connectivity index (χ0v) is 19.9. The van der Waals surface area contributed by atoms with Gasteiger partial charge >= 0.3 is 5.97 Å². The Bertz CT molecular complexity index is 901.